The van der Waals surface area contributed by atoms with Gasteiger partial charge in [0.25, 0.3) is 11.8 Å². The van der Waals surface area contributed by atoms with E-state index >= 15 is 13.2 Å². The minimum Gasteiger partial charge on any atom is -0.444 e. The Hall–Kier alpha value is -5.68. The van der Waals surface area contributed by atoms with Crippen molar-refractivity contribution in [2.75, 3.05) is 18.0 Å². The van der Waals surface area contributed by atoms with Gasteiger partial charge in [-0.1, -0.05) is 24.3 Å². The standard InChI is InChI=1S/C41H42F6N6O6/c1-37(2,3)58-35(55)49-30-17-40(43,44)27-14-28(42)26(32-50-51-34(57-32)39-15-23(16-39)19-52(21-39)36(56)59-38(4,5)6)13-31(27)53(33(30)54)20-22-7-9-24(10-8-22)29-12-11-25(18-48-29)41(45,46)47/h7-14,18,23,30H,15-17,19-21H2,1-6H3,(H,49,55). The largest absolute Gasteiger partial charge is 0.444 e. The van der Waals surface area contributed by atoms with Crippen LogP contribution in [0.5, 0.6) is 0 Å². The molecule has 12 nitrogen and oxygen atoms in total. The molecule has 3 aliphatic heterocycles. The van der Waals surface area contributed by atoms with Crippen LogP contribution < -0.4 is 10.2 Å². The molecular weight excluding hydrogens is 786 g/mol. The molecule has 2 saturated heterocycles. The highest BCUT2D eigenvalue weighted by atomic mass is 19.4. The maximum absolute atomic E-state index is 16.2. The Morgan fingerprint density at radius 3 is 2.22 bits per heavy atom. The molecule has 0 spiro atoms. The first-order chi connectivity index (χ1) is 27.4. The molecule has 1 N–H and O–H groups in total. The van der Waals surface area contributed by atoms with Gasteiger partial charge in [0.1, 0.15) is 23.1 Å². The number of fused-ring (bicyclic) bond motifs is 3. The fraction of sp³-hybridized carbons (Fsp3) is 0.463. The lowest BCUT2D eigenvalue weighted by molar-refractivity contribution is -0.137. The molecule has 314 valence electrons. The Labute approximate surface area is 335 Å². The average molecular weight is 829 g/mol. The lowest BCUT2D eigenvalue weighted by Crippen LogP contribution is -2.61. The highest BCUT2D eigenvalue weighted by Gasteiger charge is 2.56. The van der Waals surface area contributed by atoms with E-state index in [-0.39, 0.29) is 42.0 Å². The molecule has 1 atom stereocenters. The van der Waals surface area contributed by atoms with Gasteiger partial charge in [-0.3, -0.25) is 9.78 Å². The Kier molecular flexibility index (Phi) is 10.2. The molecule has 1 aliphatic carbocycles. The molecule has 3 amide bonds. The van der Waals surface area contributed by atoms with Crippen LogP contribution in [0.4, 0.5) is 41.6 Å². The highest BCUT2D eigenvalue weighted by molar-refractivity contribution is 6.01. The van der Waals surface area contributed by atoms with Crippen LogP contribution in [-0.2, 0) is 38.3 Å². The smallest absolute Gasteiger partial charge is 0.417 e. The summed E-state index contributed by atoms with van der Waals surface area (Å²) < 4.78 is 105. The number of rotatable bonds is 6. The molecule has 0 radical (unpaired) electrons. The molecule has 5 heterocycles. The van der Waals surface area contributed by atoms with Gasteiger partial charge in [-0.15, -0.1) is 10.2 Å². The number of hydrogen-bond acceptors (Lipinski definition) is 9. The number of nitrogens with one attached hydrogen (secondary N) is 1. The van der Waals surface area contributed by atoms with Crippen LogP contribution in [-0.4, -0.2) is 68.5 Å². The van der Waals surface area contributed by atoms with Crippen molar-refractivity contribution in [3.63, 3.8) is 0 Å². The van der Waals surface area contributed by atoms with Crippen molar-refractivity contribution in [3.05, 3.63) is 83.1 Å². The molecular formula is C41H42F6N6O6. The minimum absolute atomic E-state index is 0.133. The summed E-state index contributed by atoms with van der Waals surface area (Å²) in [5, 5.41) is 10.5. The van der Waals surface area contributed by atoms with E-state index in [1.807, 2.05) is 0 Å². The van der Waals surface area contributed by atoms with E-state index in [1.165, 1.54) is 30.3 Å². The molecule has 2 aromatic heterocycles. The predicted molar refractivity (Wildman–Crippen MR) is 199 cm³/mol. The van der Waals surface area contributed by atoms with Crippen molar-refractivity contribution in [3.8, 4) is 22.7 Å². The zero-order chi connectivity index (χ0) is 42.9. The zero-order valence-corrected chi connectivity index (χ0v) is 33.0. The average Bonchev–Trinajstić information content (AvgIpc) is 3.60. The number of carbonyl (C=O) groups is 3. The molecule has 18 heteroatoms. The van der Waals surface area contributed by atoms with Gasteiger partial charge in [-0.25, -0.2) is 22.8 Å². The topological polar surface area (TPSA) is 140 Å². The minimum atomic E-state index is -4.58. The number of halogens is 6. The van der Waals surface area contributed by atoms with E-state index in [1.54, 1.807) is 46.4 Å². The summed E-state index contributed by atoms with van der Waals surface area (Å²) in [5.74, 6) is -6.03. The monoisotopic (exact) mass is 828 g/mol. The van der Waals surface area contributed by atoms with Gasteiger partial charge < -0.3 is 29.0 Å². The van der Waals surface area contributed by atoms with Gasteiger partial charge in [0.05, 0.1) is 34.5 Å². The zero-order valence-electron chi connectivity index (χ0n) is 33.0. The Balaban J connectivity index is 1.23. The number of hydrogen-bond donors (Lipinski definition) is 1. The number of anilines is 1. The second kappa shape index (κ2) is 14.5. The summed E-state index contributed by atoms with van der Waals surface area (Å²) in [7, 11) is 0. The van der Waals surface area contributed by atoms with E-state index in [9.17, 15) is 27.6 Å². The third-order valence-electron chi connectivity index (χ3n) is 10.3. The highest BCUT2D eigenvalue weighted by Crippen LogP contribution is 2.52. The van der Waals surface area contributed by atoms with Crippen LogP contribution in [0, 0.1) is 11.7 Å². The number of carbonyl (C=O) groups excluding carboxylic acids is 3. The molecule has 8 rings (SSSR count). The first-order valence-electron chi connectivity index (χ1n) is 18.9. The number of piperidine rings is 2. The fourth-order valence-corrected chi connectivity index (χ4v) is 7.72. The number of amides is 3. The Bertz CT molecular complexity index is 2260. The van der Waals surface area contributed by atoms with Gasteiger partial charge in [0.2, 0.25) is 11.8 Å². The molecule has 1 saturated carbocycles. The van der Waals surface area contributed by atoms with E-state index in [4.69, 9.17) is 13.9 Å². The third-order valence-corrected chi connectivity index (χ3v) is 10.3. The second-order valence-corrected chi connectivity index (χ2v) is 17.3. The number of ether oxygens (including phenoxy) is 2. The number of alkyl carbamates (subject to hydrolysis) is 1. The van der Waals surface area contributed by atoms with Crippen LogP contribution in [0.2, 0.25) is 0 Å². The van der Waals surface area contributed by atoms with Gasteiger partial charge >= 0.3 is 18.4 Å². The molecule has 3 fully saturated rings. The lowest BCUT2D eigenvalue weighted by Gasteiger charge is -2.54. The number of nitrogens with zero attached hydrogens (tertiary/aromatic N) is 5. The third kappa shape index (κ3) is 8.71. The lowest BCUT2D eigenvalue weighted by atomic mass is 9.58. The van der Waals surface area contributed by atoms with Crippen LogP contribution in [0.1, 0.15) is 83.4 Å². The van der Waals surface area contributed by atoms with Crippen molar-refractivity contribution in [2.45, 2.75) is 102 Å². The summed E-state index contributed by atoms with van der Waals surface area (Å²) in [5.41, 5.74) is -3.97. The molecule has 2 aromatic carbocycles. The molecule has 4 aliphatic rings. The normalized spacial score (nSPS) is 21.6. The second-order valence-electron chi connectivity index (χ2n) is 17.3. The van der Waals surface area contributed by atoms with Crippen LogP contribution >= 0.6 is 0 Å². The van der Waals surface area contributed by atoms with Crippen molar-refractivity contribution in [1.29, 1.82) is 0 Å². The molecule has 59 heavy (non-hydrogen) atoms. The summed E-state index contributed by atoms with van der Waals surface area (Å²) in [6.45, 7) is 10.3. The van der Waals surface area contributed by atoms with Crippen molar-refractivity contribution in [1.82, 2.24) is 25.4 Å². The molecule has 4 aromatic rings. The summed E-state index contributed by atoms with van der Waals surface area (Å²) in [6, 6.07) is 8.04. The molecule has 2 bridgehead atoms. The van der Waals surface area contributed by atoms with Gasteiger partial charge in [-0.05, 0) is 90.1 Å². The Morgan fingerprint density at radius 1 is 0.932 bits per heavy atom. The SMILES string of the molecule is CC(C)(C)OC(=O)NC1CC(F)(F)c2cc(F)c(-c3nnc(C45CC(CN(C(=O)OC(C)(C)C)C4)C5)o3)cc2N(Cc2ccc(-c3ccc(C(F)(F)F)cn3)cc2)C1=O. The van der Waals surface area contributed by atoms with Crippen molar-refractivity contribution >= 4 is 23.8 Å². The van der Waals surface area contributed by atoms with Gasteiger partial charge in [0, 0.05) is 36.8 Å². The predicted octanol–water partition coefficient (Wildman–Crippen LogP) is 8.78. The van der Waals surface area contributed by atoms with Gasteiger partial charge in [-0.2, -0.15) is 13.2 Å². The van der Waals surface area contributed by atoms with E-state index in [2.05, 4.69) is 20.5 Å². The van der Waals surface area contributed by atoms with Crippen molar-refractivity contribution in [2.24, 2.45) is 5.92 Å². The van der Waals surface area contributed by atoms with E-state index < -0.39 is 81.9 Å². The van der Waals surface area contributed by atoms with Crippen LogP contribution in [0.3, 0.4) is 0 Å². The van der Waals surface area contributed by atoms with Crippen LogP contribution in [0.15, 0.2) is 59.1 Å². The number of alkyl halides is 5. The Morgan fingerprint density at radius 2 is 1.61 bits per heavy atom. The van der Waals surface area contributed by atoms with E-state index in [0.29, 0.717) is 42.8 Å². The maximum Gasteiger partial charge on any atom is 0.417 e. The number of pyridine rings is 1. The summed E-state index contributed by atoms with van der Waals surface area (Å²) in [4.78, 5) is 46.5. The fourth-order valence-electron chi connectivity index (χ4n) is 7.72. The quantitative estimate of drug-likeness (QED) is 0.189. The van der Waals surface area contributed by atoms with Crippen molar-refractivity contribution < 1.29 is 54.6 Å². The maximum atomic E-state index is 16.2. The number of aromatic nitrogens is 3. The summed E-state index contributed by atoms with van der Waals surface area (Å²) >= 11 is 0. The van der Waals surface area contributed by atoms with Gasteiger partial charge in [0.15, 0.2) is 0 Å². The number of benzene rings is 2. The first kappa shape index (κ1) is 41.5. The van der Waals surface area contributed by atoms with Crippen LogP contribution in [0.25, 0.3) is 22.7 Å². The summed E-state index contributed by atoms with van der Waals surface area (Å²) in [6.07, 6.45) is -5.49. The van der Waals surface area contributed by atoms with E-state index in [0.717, 1.165) is 17.0 Å². The first-order valence-corrected chi connectivity index (χ1v) is 18.9. The molecule has 1 unspecified atom stereocenters.